The molecule has 0 spiro atoms. The van der Waals surface area contributed by atoms with Gasteiger partial charge in [0.15, 0.2) is 0 Å². The summed E-state index contributed by atoms with van der Waals surface area (Å²) in [7, 11) is 0. The Labute approximate surface area is 242 Å². The van der Waals surface area contributed by atoms with E-state index in [4.69, 9.17) is 27.9 Å². The van der Waals surface area contributed by atoms with Crippen LogP contribution in [0.3, 0.4) is 0 Å². The number of aromatic nitrogens is 3. The van der Waals surface area contributed by atoms with E-state index in [0.29, 0.717) is 28.6 Å². The van der Waals surface area contributed by atoms with Gasteiger partial charge in [-0.2, -0.15) is 0 Å². The Balaban J connectivity index is 1.44. The highest BCUT2D eigenvalue weighted by atomic mass is 35.5. The number of carbonyl (C=O) groups excluding carboxylic acids is 1. The van der Waals surface area contributed by atoms with Crippen LogP contribution < -0.4 is 0 Å². The van der Waals surface area contributed by atoms with Crippen molar-refractivity contribution in [2.45, 2.75) is 53.9 Å². The van der Waals surface area contributed by atoms with Crippen molar-refractivity contribution in [2.75, 3.05) is 19.7 Å². The number of carbonyl (C=O) groups is 1. The van der Waals surface area contributed by atoms with Crippen LogP contribution in [0.15, 0.2) is 41.4 Å². The maximum absolute atomic E-state index is 14.0. The number of rotatable bonds is 6. The van der Waals surface area contributed by atoms with Crippen molar-refractivity contribution in [2.24, 2.45) is 0 Å². The normalized spacial score (nSPS) is 25.3. The zero-order chi connectivity index (χ0) is 28.6. The number of benzene rings is 2. The zero-order valence-electron chi connectivity index (χ0n) is 21.0. The fourth-order valence-electron chi connectivity index (χ4n) is 4.90. The van der Waals surface area contributed by atoms with Crippen molar-refractivity contribution in [3.63, 3.8) is 0 Å². The van der Waals surface area contributed by atoms with Gasteiger partial charge < -0.3 is 25.0 Å². The predicted molar refractivity (Wildman–Crippen MR) is 144 cm³/mol. The van der Waals surface area contributed by atoms with E-state index < -0.39 is 53.1 Å². The molecule has 1 aromatic heterocycles. The Morgan fingerprint density at radius 2 is 1.77 bits per heavy atom. The van der Waals surface area contributed by atoms with E-state index in [9.17, 15) is 28.9 Å². The summed E-state index contributed by atoms with van der Waals surface area (Å²) in [5, 5.41) is 39.8. The van der Waals surface area contributed by atoms with Gasteiger partial charge in [-0.25, -0.2) is 13.5 Å². The van der Waals surface area contributed by atoms with E-state index in [1.165, 1.54) is 6.20 Å². The molecule has 14 heteroatoms. The number of thioether (sulfide) groups is 1. The molecule has 2 aliphatic rings. The number of ether oxygens (including phenoxy) is 1. The molecule has 2 aromatic carbocycles. The third-order valence-corrected chi connectivity index (χ3v) is 8.81. The van der Waals surface area contributed by atoms with Gasteiger partial charge in [0.05, 0.1) is 18.4 Å². The van der Waals surface area contributed by atoms with E-state index in [1.54, 1.807) is 23.1 Å². The first kappa shape index (κ1) is 29.2. The van der Waals surface area contributed by atoms with Crippen molar-refractivity contribution in [1.82, 2.24) is 19.9 Å². The monoisotopic (exact) mass is 614 g/mol. The topological polar surface area (TPSA) is 121 Å². The minimum atomic E-state index is -1.42. The van der Waals surface area contributed by atoms with Crippen LogP contribution >= 0.6 is 35.0 Å². The summed E-state index contributed by atoms with van der Waals surface area (Å²) >= 11 is 12.9. The lowest BCUT2D eigenvalue weighted by Crippen LogP contribution is -2.55. The summed E-state index contributed by atoms with van der Waals surface area (Å²) in [6.45, 7) is 0.710. The predicted octanol–water partition coefficient (Wildman–Crippen LogP) is 3.93. The number of nitrogens with zero attached hydrogens (tertiary/aromatic N) is 4. The number of hydrogen-bond donors (Lipinski definition) is 3. The van der Waals surface area contributed by atoms with Gasteiger partial charge in [0.2, 0.25) is 0 Å². The standard InChI is InChI=1S/C26H26Cl2F2N4O5S/c27-14-4-5-15(25(38)33-6-2-1-3-7-33)20(10-14)40-26-24(37)22(23(36)19(12-35)39-26)34-11-18(31-32-34)13-8-16(29)21(28)17(30)9-13/h4-5,8-11,19,22-24,26,35-37H,1-3,6-7,12H2/t19?,22?,23-,24-,26+/m0/s1. The molecule has 2 saturated heterocycles. The number of halogens is 4. The molecule has 3 N–H and O–H groups in total. The number of aliphatic hydroxyl groups is 3. The first-order valence-electron chi connectivity index (χ1n) is 12.6. The Kier molecular flexibility index (Phi) is 8.95. The van der Waals surface area contributed by atoms with Crippen molar-refractivity contribution in [1.29, 1.82) is 0 Å². The highest BCUT2D eigenvalue weighted by Crippen LogP contribution is 2.40. The first-order valence-corrected chi connectivity index (χ1v) is 14.3. The molecular formula is C26H26Cl2F2N4O5S. The lowest BCUT2D eigenvalue weighted by Gasteiger charge is -2.42. The number of piperidine rings is 1. The van der Waals surface area contributed by atoms with Crippen molar-refractivity contribution >= 4 is 40.9 Å². The zero-order valence-corrected chi connectivity index (χ0v) is 23.3. The molecule has 3 heterocycles. The Morgan fingerprint density at radius 3 is 2.45 bits per heavy atom. The molecule has 9 nitrogen and oxygen atoms in total. The molecule has 2 fully saturated rings. The van der Waals surface area contributed by atoms with Crippen molar-refractivity contribution < 1.29 is 33.6 Å². The van der Waals surface area contributed by atoms with E-state index in [-0.39, 0.29) is 17.2 Å². The van der Waals surface area contributed by atoms with Crippen LogP contribution in [-0.4, -0.2) is 84.6 Å². The molecule has 5 atom stereocenters. The number of aliphatic hydroxyl groups excluding tert-OH is 3. The largest absolute Gasteiger partial charge is 0.394 e. The Morgan fingerprint density at radius 1 is 1.07 bits per heavy atom. The second-order valence-electron chi connectivity index (χ2n) is 9.65. The van der Waals surface area contributed by atoms with Gasteiger partial charge in [-0.15, -0.1) is 5.10 Å². The third kappa shape index (κ3) is 5.85. The van der Waals surface area contributed by atoms with Gasteiger partial charge in [0.25, 0.3) is 5.91 Å². The van der Waals surface area contributed by atoms with Crippen LogP contribution in [0.2, 0.25) is 10.0 Å². The molecule has 0 saturated carbocycles. The molecule has 40 heavy (non-hydrogen) atoms. The summed E-state index contributed by atoms with van der Waals surface area (Å²) in [4.78, 5) is 15.6. The number of likely N-dealkylation sites (tertiary alicyclic amines) is 1. The fraction of sp³-hybridized carbons (Fsp3) is 0.423. The first-order chi connectivity index (χ1) is 19.2. The number of amides is 1. The lowest BCUT2D eigenvalue weighted by atomic mass is 9.97. The fourth-order valence-corrected chi connectivity index (χ4v) is 6.47. The minimum absolute atomic E-state index is 0.0473. The lowest BCUT2D eigenvalue weighted by molar-refractivity contribution is -0.178. The summed E-state index contributed by atoms with van der Waals surface area (Å²) < 4.78 is 35.0. The third-order valence-electron chi connectivity index (χ3n) is 7.00. The van der Waals surface area contributed by atoms with Crippen LogP contribution in [0.1, 0.15) is 35.7 Å². The maximum Gasteiger partial charge on any atom is 0.254 e. The molecule has 5 rings (SSSR count). The summed E-state index contributed by atoms with van der Waals surface area (Å²) in [6.07, 6.45) is 0.257. The van der Waals surface area contributed by atoms with Gasteiger partial charge >= 0.3 is 0 Å². The summed E-state index contributed by atoms with van der Waals surface area (Å²) in [6, 6.07) is 5.67. The van der Waals surface area contributed by atoms with Gasteiger partial charge in [-0.3, -0.25) is 4.79 Å². The maximum atomic E-state index is 14.0. The van der Waals surface area contributed by atoms with E-state index >= 15 is 0 Å². The highest BCUT2D eigenvalue weighted by Gasteiger charge is 2.46. The van der Waals surface area contributed by atoms with Gasteiger partial charge in [0, 0.05) is 28.6 Å². The SMILES string of the molecule is O=C(c1ccc(Cl)cc1S[C@H]1OC(CO)[C@H](O)C(n2cc(-c3cc(F)c(Cl)c(F)c3)nn2)[C@@H]1O)N1CCCCC1. The van der Waals surface area contributed by atoms with Crippen LogP contribution in [0, 0.1) is 11.6 Å². The molecule has 0 radical (unpaired) electrons. The van der Waals surface area contributed by atoms with E-state index in [1.807, 2.05) is 0 Å². The van der Waals surface area contributed by atoms with Gasteiger partial charge in [-0.1, -0.05) is 40.2 Å². The second-order valence-corrected chi connectivity index (χ2v) is 11.6. The molecule has 0 aliphatic carbocycles. The second kappa shape index (κ2) is 12.3. The highest BCUT2D eigenvalue weighted by molar-refractivity contribution is 8.00. The molecule has 2 unspecified atom stereocenters. The van der Waals surface area contributed by atoms with Crippen LogP contribution in [-0.2, 0) is 4.74 Å². The molecule has 214 valence electrons. The molecule has 3 aromatic rings. The summed E-state index contributed by atoms with van der Waals surface area (Å²) in [5.41, 5.74) is -0.555. The van der Waals surface area contributed by atoms with Crippen molar-refractivity contribution in [3.8, 4) is 11.3 Å². The smallest absolute Gasteiger partial charge is 0.254 e. The van der Waals surface area contributed by atoms with Crippen LogP contribution in [0.5, 0.6) is 0 Å². The number of hydrogen-bond acceptors (Lipinski definition) is 8. The van der Waals surface area contributed by atoms with Crippen LogP contribution in [0.25, 0.3) is 11.3 Å². The molecule has 2 aliphatic heterocycles. The molecule has 0 bridgehead atoms. The van der Waals surface area contributed by atoms with E-state index in [0.717, 1.165) is 47.8 Å². The summed E-state index contributed by atoms with van der Waals surface area (Å²) in [5.74, 6) is -2.13. The van der Waals surface area contributed by atoms with Gasteiger partial charge in [-0.05, 0) is 49.6 Å². The van der Waals surface area contributed by atoms with E-state index in [2.05, 4.69) is 10.3 Å². The van der Waals surface area contributed by atoms with Crippen LogP contribution in [0.4, 0.5) is 8.78 Å². The Hall–Kier alpha value is -2.32. The minimum Gasteiger partial charge on any atom is -0.394 e. The average molecular weight is 615 g/mol. The Bertz CT molecular complexity index is 1370. The van der Waals surface area contributed by atoms with Gasteiger partial charge in [0.1, 0.15) is 52.1 Å². The molecular weight excluding hydrogens is 589 g/mol. The molecule has 1 amide bonds. The quantitative estimate of drug-likeness (QED) is 0.357. The average Bonchev–Trinajstić information content (AvgIpc) is 3.43. The van der Waals surface area contributed by atoms with Crippen molar-refractivity contribution in [3.05, 3.63) is 63.8 Å².